The second-order valence-electron chi connectivity index (χ2n) is 4.28. The predicted molar refractivity (Wildman–Crippen MR) is 75.1 cm³/mol. The molecule has 0 radical (unpaired) electrons. The summed E-state index contributed by atoms with van der Waals surface area (Å²) >= 11 is 7.37. The van der Waals surface area contributed by atoms with E-state index in [9.17, 15) is 13.2 Å². The monoisotopic (exact) mass is 312 g/mol. The molecular formula is C12H16ClF3N2S. The quantitative estimate of drug-likeness (QED) is 0.753. The first-order chi connectivity index (χ1) is 8.75. The third-order valence-corrected chi connectivity index (χ3v) is 3.71. The zero-order valence-electron chi connectivity index (χ0n) is 11.0. The van der Waals surface area contributed by atoms with Crippen molar-refractivity contribution in [1.82, 2.24) is 4.98 Å². The van der Waals surface area contributed by atoms with Crippen molar-refractivity contribution in [3.63, 3.8) is 0 Å². The number of anilines is 1. The third kappa shape index (κ3) is 4.76. The number of hydrogen-bond donors (Lipinski definition) is 0. The van der Waals surface area contributed by atoms with Gasteiger partial charge in [0.2, 0.25) is 0 Å². The molecule has 0 aliphatic heterocycles. The van der Waals surface area contributed by atoms with Crippen molar-refractivity contribution in [3.05, 3.63) is 22.8 Å². The Bertz CT molecular complexity index is 426. The Morgan fingerprint density at radius 2 is 2.05 bits per heavy atom. The molecule has 19 heavy (non-hydrogen) atoms. The Labute approximate surface area is 120 Å². The molecule has 1 rings (SSSR count). The first-order valence-electron chi connectivity index (χ1n) is 5.72. The van der Waals surface area contributed by atoms with Crippen LogP contribution in [-0.4, -0.2) is 30.1 Å². The molecule has 0 saturated heterocycles. The minimum absolute atomic E-state index is 0.0968. The molecule has 0 spiro atoms. The summed E-state index contributed by atoms with van der Waals surface area (Å²) in [7, 11) is 1.73. The van der Waals surface area contributed by atoms with E-state index < -0.39 is 11.7 Å². The lowest BCUT2D eigenvalue weighted by Gasteiger charge is -2.26. The summed E-state index contributed by atoms with van der Waals surface area (Å²) in [5.74, 6) is 1.19. The zero-order chi connectivity index (χ0) is 14.6. The smallest absolute Gasteiger partial charge is 0.357 e. The van der Waals surface area contributed by atoms with Gasteiger partial charge in [-0.3, -0.25) is 0 Å². The first kappa shape index (κ1) is 16.4. The molecule has 0 N–H and O–H groups in total. The standard InChI is InChI=1S/C12H16ClF3N2S/c1-8(4-5-19-3)18(2)11-7-9(12(14,15)16)6-10(13)17-11/h6-8H,4-5H2,1-3H3. The predicted octanol–water partition coefficient (Wildman–Crippen LogP) is 4.33. The van der Waals surface area contributed by atoms with E-state index in [0.29, 0.717) is 0 Å². The summed E-state index contributed by atoms with van der Waals surface area (Å²) < 4.78 is 38.1. The number of alkyl halides is 3. The van der Waals surface area contributed by atoms with Gasteiger partial charge in [-0.05, 0) is 37.5 Å². The molecule has 0 amide bonds. The lowest BCUT2D eigenvalue weighted by atomic mass is 10.2. The Balaban J connectivity index is 2.97. The average molecular weight is 313 g/mol. The lowest BCUT2D eigenvalue weighted by molar-refractivity contribution is -0.137. The fraction of sp³-hybridized carbons (Fsp3) is 0.583. The minimum atomic E-state index is -4.41. The van der Waals surface area contributed by atoms with Gasteiger partial charge in [0.05, 0.1) is 5.56 Å². The molecule has 1 unspecified atom stereocenters. The van der Waals surface area contributed by atoms with E-state index in [2.05, 4.69) is 4.98 Å². The van der Waals surface area contributed by atoms with Crippen molar-refractivity contribution >= 4 is 29.2 Å². The molecule has 1 heterocycles. The minimum Gasteiger partial charge on any atom is -0.357 e. The van der Waals surface area contributed by atoms with Crippen LogP contribution in [0.2, 0.25) is 5.15 Å². The van der Waals surface area contributed by atoms with E-state index in [1.54, 1.807) is 23.7 Å². The van der Waals surface area contributed by atoms with Crippen LogP contribution in [0.25, 0.3) is 0 Å². The van der Waals surface area contributed by atoms with Crippen LogP contribution in [0.1, 0.15) is 18.9 Å². The summed E-state index contributed by atoms with van der Waals surface area (Å²) in [6.45, 7) is 1.95. The maximum absolute atomic E-state index is 12.7. The highest BCUT2D eigenvalue weighted by molar-refractivity contribution is 7.98. The molecule has 1 aromatic rings. The summed E-state index contributed by atoms with van der Waals surface area (Å²) in [6.07, 6.45) is -1.55. The van der Waals surface area contributed by atoms with E-state index in [1.807, 2.05) is 13.2 Å². The van der Waals surface area contributed by atoms with Gasteiger partial charge in [-0.15, -0.1) is 0 Å². The molecule has 0 aliphatic rings. The Morgan fingerprint density at radius 3 is 2.58 bits per heavy atom. The number of pyridine rings is 1. The second-order valence-corrected chi connectivity index (χ2v) is 5.65. The van der Waals surface area contributed by atoms with Gasteiger partial charge < -0.3 is 4.90 Å². The molecule has 1 atom stereocenters. The maximum Gasteiger partial charge on any atom is 0.416 e. The molecule has 108 valence electrons. The van der Waals surface area contributed by atoms with Gasteiger partial charge in [0.15, 0.2) is 0 Å². The van der Waals surface area contributed by atoms with Crippen LogP contribution in [0.5, 0.6) is 0 Å². The lowest BCUT2D eigenvalue weighted by Crippen LogP contribution is -2.30. The molecule has 0 bridgehead atoms. The van der Waals surface area contributed by atoms with Gasteiger partial charge in [-0.1, -0.05) is 11.6 Å². The SMILES string of the molecule is CSCCC(C)N(C)c1cc(C(F)(F)F)cc(Cl)n1. The summed E-state index contributed by atoms with van der Waals surface area (Å²) in [6, 6.07) is 1.96. The van der Waals surface area contributed by atoms with Gasteiger partial charge in [-0.2, -0.15) is 24.9 Å². The van der Waals surface area contributed by atoms with Crippen molar-refractivity contribution in [3.8, 4) is 0 Å². The number of rotatable bonds is 5. The van der Waals surface area contributed by atoms with Crippen LogP contribution in [0.3, 0.4) is 0 Å². The van der Waals surface area contributed by atoms with Crippen molar-refractivity contribution in [1.29, 1.82) is 0 Å². The van der Waals surface area contributed by atoms with Crippen LogP contribution in [0.15, 0.2) is 12.1 Å². The number of hydrogen-bond acceptors (Lipinski definition) is 3. The molecule has 0 fully saturated rings. The molecule has 2 nitrogen and oxygen atoms in total. The number of halogens is 4. The Morgan fingerprint density at radius 1 is 1.42 bits per heavy atom. The molecular weight excluding hydrogens is 297 g/mol. The summed E-state index contributed by atoms with van der Waals surface area (Å²) in [4.78, 5) is 5.68. The fourth-order valence-corrected chi connectivity index (χ4v) is 2.32. The van der Waals surface area contributed by atoms with Gasteiger partial charge >= 0.3 is 6.18 Å². The van der Waals surface area contributed by atoms with Crippen LogP contribution in [0, 0.1) is 0 Å². The summed E-state index contributed by atoms with van der Waals surface area (Å²) in [5, 5.41) is -0.145. The number of nitrogens with zero attached hydrogens (tertiary/aromatic N) is 2. The van der Waals surface area contributed by atoms with E-state index in [-0.39, 0.29) is 17.0 Å². The highest BCUT2D eigenvalue weighted by atomic mass is 35.5. The van der Waals surface area contributed by atoms with Crippen molar-refractivity contribution in [2.45, 2.75) is 25.6 Å². The van der Waals surface area contributed by atoms with Crippen LogP contribution in [-0.2, 0) is 6.18 Å². The largest absolute Gasteiger partial charge is 0.416 e. The van der Waals surface area contributed by atoms with Gasteiger partial charge in [0, 0.05) is 13.1 Å². The van der Waals surface area contributed by atoms with Gasteiger partial charge in [0.1, 0.15) is 11.0 Å². The van der Waals surface area contributed by atoms with E-state index >= 15 is 0 Å². The molecule has 0 aliphatic carbocycles. The molecule has 1 aromatic heterocycles. The average Bonchev–Trinajstić information content (AvgIpc) is 2.33. The number of aromatic nitrogens is 1. The van der Waals surface area contributed by atoms with Gasteiger partial charge in [0.25, 0.3) is 0 Å². The van der Waals surface area contributed by atoms with Crippen LogP contribution in [0.4, 0.5) is 19.0 Å². The molecule has 7 heteroatoms. The Kier molecular flexibility index (Phi) is 5.80. The van der Waals surface area contributed by atoms with Crippen LogP contribution >= 0.6 is 23.4 Å². The van der Waals surface area contributed by atoms with Gasteiger partial charge in [-0.25, -0.2) is 4.98 Å². The van der Waals surface area contributed by atoms with E-state index in [1.165, 1.54) is 0 Å². The van der Waals surface area contributed by atoms with Crippen molar-refractivity contribution in [2.24, 2.45) is 0 Å². The van der Waals surface area contributed by atoms with Crippen molar-refractivity contribution in [2.75, 3.05) is 24.0 Å². The number of thioether (sulfide) groups is 1. The zero-order valence-corrected chi connectivity index (χ0v) is 12.5. The fourth-order valence-electron chi connectivity index (χ4n) is 1.54. The normalized spacial score (nSPS) is 13.4. The topological polar surface area (TPSA) is 16.1 Å². The highest BCUT2D eigenvalue weighted by Gasteiger charge is 2.32. The molecule has 0 aromatic carbocycles. The van der Waals surface area contributed by atoms with Crippen molar-refractivity contribution < 1.29 is 13.2 Å². The maximum atomic E-state index is 12.7. The molecule has 0 saturated carbocycles. The third-order valence-electron chi connectivity index (χ3n) is 2.87. The van der Waals surface area contributed by atoms with E-state index in [0.717, 1.165) is 24.3 Å². The first-order valence-corrected chi connectivity index (χ1v) is 7.49. The summed E-state index contributed by atoms with van der Waals surface area (Å²) in [5.41, 5.74) is -0.772. The van der Waals surface area contributed by atoms with E-state index in [4.69, 9.17) is 11.6 Å². The second kappa shape index (κ2) is 6.70. The highest BCUT2D eigenvalue weighted by Crippen LogP contribution is 2.33. The van der Waals surface area contributed by atoms with Crippen LogP contribution < -0.4 is 4.90 Å². The Hall–Kier alpha value is -0.620.